The Balaban J connectivity index is 1.53. The van der Waals surface area contributed by atoms with Crippen molar-refractivity contribution >= 4 is 16.6 Å². The van der Waals surface area contributed by atoms with Crippen molar-refractivity contribution in [3.05, 3.63) is 42.6 Å². The second-order valence-corrected chi connectivity index (χ2v) is 7.17. The second-order valence-electron chi connectivity index (χ2n) is 7.17. The topological polar surface area (TPSA) is 63.9 Å². The Hall–Kier alpha value is -2.60. The standard InChI is InChI=1S/C20H23N5O/c1-14-4-3-5-25(14)13-19(26)8-18-6-15-7-20(17-11-23-24(2)12-17)22-10-16(15)9-21-18/h6-7,9-12,14H,3-5,8,13H2,1-2H3/t14-/m0/s1. The lowest BCUT2D eigenvalue weighted by atomic mass is 10.1. The molecule has 6 nitrogen and oxygen atoms in total. The van der Waals surface area contributed by atoms with E-state index < -0.39 is 0 Å². The molecule has 1 saturated heterocycles. The zero-order chi connectivity index (χ0) is 18.1. The zero-order valence-electron chi connectivity index (χ0n) is 15.2. The molecule has 1 aliphatic heterocycles. The minimum Gasteiger partial charge on any atom is -0.298 e. The number of fused-ring (bicyclic) bond motifs is 1. The Kier molecular flexibility index (Phi) is 4.51. The van der Waals surface area contributed by atoms with E-state index in [4.69, 9.17) is 0 Å². The van der Waals surface area contributed by atoms with Gasteiger partial charge in [0, 0.05) is 48.3 Å². The first-order chi connectivity index (χ1) is 12.6. The molecule has 134 valence electrons. The van der Waals surface area contributed by atoms with Crippen LogP contribution in [0.1, 0.15) is 25.5 Å². The lowest BCUT2D eigenvalue weighted by molar-refractivity contribution is -0.119. The van der Waals surface area contributed by atoms with E-state index in [1.54, 1.807) is 17.1 Å². The summed E-state index contributed by atoms with van der Waals surface area (Å²) in [5.41, 5.74) is 2.67. The number of pyridine rings is 2. The summed E-state index contributed by atoms with van der Waals surface area (Å²) in [6.45, 7) is 3.75. The molecular weight excluding hydrogens is 326 g/mol. The SMILES string of the molecule is C[C@H]1CCCN1CC(=O)Cc1cc2cc(-c3cnn(C)c3)ncc2cn1. The molecule has 0 saturated carbocycles. The van der Waals surface area contributed by atoms with E-state index in [9.17, 15) is 4.79 Å². The molecule has 4 rings (SSSR count). The first kappa shape index (κ1) is 16.8. The van der Waals surface area contributed by atoms with Gasteiger partial charge in [-0.25, -0.2) is 0 Å². The fraction of sp³-hybridized carbons (Fsp3) is 0.400. The van der Waals surface area contributed by atoms with E-state index >= 15 is 0 Å². The van der Waals surface area contributed by atoms with Crippen LogP contribution in [0.3, 0.4) is 0 Å². The Labute approximate surface area is 152 Å². The van der Waals surface area contributed by atoms with Crippen molar-refractivity contribution in [2.75, 3.05) is 13.1 Å². The number of rotatable bonds is 5. The molecule has 0 amide bonds. The molecule has 1 aliphatic rings. The highest BCUT2D eigenvalue weighted by atomic mass is 16.1. The Morgan fingerprint density at radius 2 is 2.04 bits per heavy atom. The molecule has 0 unspecified atom stereocenters. The van der Waals surface area contributed by atoms with Gasteiger partial charge in [-0.2, -0.15) is 5.10 Å². The predicted molar refractivity (Wildman–Crippen MR) is 101 cm³/mol. The maximum atomic E-state index is 12.4. The Morgan fingerprint density at radius 1 is 1.19 bits per heavy atom. The molecule has 1 fully saturated rings. The van der Waals surface area contributed by atoms with Crippen LogP contribution in [0.5, 0.6) is 0 Å². The average Bonchev–Trinajstić information content (AvgIpc) is 3.23. The van der Waals surface area contributed by atoms with Crippen LogP contribution in [0, 0.1) is 0 Å². The number of aryl methyl sites for hydroxylation is 1. The van der Waals surface area contributed by atoms with Crippen LogP contribution in [0.25, 0.3) is 22.0 Å². The largest absolute Gasteiger partial charge is 0.298 e. The molecule has 3 aromatic heterocycles. The molecule has 0 radical (unpaired) electrons. The van der Waals surface area contributed by atoms with Gasteiger partial charge in [-0.15, -0.1) is 0 Å². The smallest absolute Gasteiger partial charge is 0.152 e. The summed E-state index contributed by atoms with van der Waals surface area (Å²) in [5.74, 6) is 0.229. The van der Waals surface area contributed by atoms with Crippen molar-refractivity contribution in [1.29, 1.82) is 0 Å². The van der Waals surface area contributed by atoms with Crippen molar-refractivity contribution < 1.29 is 4.79 Å². The summed E-state index contributed by atoms with van der Waals surface area (Å²) in [4.78, 5) is 23.6. The van der Waals surface area contributed by atoms with E-state index in [2.05, 4.69) is 26.9 Å². The minimum atomic E-state index is 0.229. The number of hydrogen-bond acceptors (Lipinski definition) is 5. The summed E-state index contributed by atoms with van der Waals surface area (Å²) >= 11 is 0. The molecule has 0 bridgehead atoms. The highest BCUT2D eigenvalue weighted by Gasteiger charge is 2.22. The van der Waals surface area contributed by atoms with E-state index in [1.807, 2.05) is 31.6 Å². The first-order valence-corrected chi connectivity index (χ1v) is 9.08. The van der Waals surface area contributed by atoms with Gasteiger partial charge >= 0.3 is 0 Å². The van der Waals surface area contributed by atoms with Gasteiger partial charge < -0.3 is 0 Å². The molecule has 0 spiro atoms. The van der Waals surface area contributed by atoms with Gasteiger partial charge in [0.15, 0.2) is 5.78 Å². The van der Waals surface area contributed by atoms with Crippen LogP contribution in [0.2, 0.25) is 0 Å². The first-order valence-electron chi connectivity index (χ1n) is 9.08. The molecule has 3 aromatic rings. The van der Waals surface area contributed by atoms with E-state index in [-0.39, 0.29) is 5.78 Å². The maximum absolute atomic E-state index is 12.4. The molecule has 1 atom stereocenters. The van der Waals surface area contributed by atoms with Crippen LogP contribution >= 0.6 is 0 Å². The summed E-state index contributed by atoms with van der Waals surface area (Å²) in [7, 11) is 1.89. The highest BCUT2D eigenvalue weighted by Crippen LogP contribution is 2.22. The zero-order valence-corrected chi connectivity index (χ0v) is 15.2. The van der Waals surface area contributed by atoms with Crippen molar-refractivity contribution in [2.24, 2.45) is 7.05 Å². The fourth-order valence-electron chi connectivity index (χ4n) is 3.60. The second kappa shape index (κ2) is 6.96. The Bertz CT molecular complexity index is 948. The van der Waals surface area contributed by atoms with Crippen molar-refractivity contribution in [1.82, 2.24) is 24.6 Å². The lowest BCUT2D eigenvalue weighted by Crippen LogP contribution is -2.33. The number of likely N-dealkylation sites (tertiary alicyclic amines) is 1. The molecule has 0 aliphatic carbocycles. The number of aromatic nitrogens is 4. The molecule has 6 heteroatoms. The molecule has 4 heterocycles. The summed E-state index contributed by atoms with van der Waals surface area (Å²) in [5, 5.41) is 6.22. The van der Waals surface area contributed by atoms with Gasteiger partial charge in [-0.1, -0.05) is 0 Å². The van der Waals surface area contributed by atoms with Crippen molar-refractivity contribution in [3.8, 4) is 11.3 Å². The van der Waals surface area contributed by atoms with Crippen molar-refractivity contribution in [2.45, 2.75) is 32.2 Å². The quantitative estimate of drug-likeness (QED) is 0.708. The van der Waals surface area contributed by atoms with Crippen LogP contribution in [0.4, 0.5) is 0 Å². The third-order valence-corrected chi connectivity index (χ3v) is 5.11. The van der Waals surface area contributed by atoms with Crippen LogP contribution < -0.4 is 0 Å². The maximum Gasteiger partial charge on any atom is 0.152 e. The van der Waals surface area contributed by atoms with E-state index in [0.29, 0.717) is 19.0 Å². The third-order valence-electron chi connectivity index (χ3n) is 5.11. The van der Waals surface area contributed by atoms with Crippen LogP contribution in [0.15, 0.2) is 36.9 Å². The van der Waals surface area contributed by atoms with E-state index in [1.165, 1.54) is 12.8 Å². The number of Topliss-reactive ketones (excluding diaryl/α,β-unsaturated/α-hetero) is 1. The minimum absolute atomic E-state index is 0.229. The number of nitrogens with zero attached hydrogens (tertiary/aromatic N) is 5. The van der Waals surface area contributed by atoms with Gasteiger partial charge in [0.1, 0.15) is 0 Å². The third kappa shape index (κ3) is 3.51. The highest BCUT2D eigenvalue weighted by molar-refractivity contribution is 5.87. The monoisotopic (exact) mass is 349 g/mol. The Morgan fingerprint density at radius 3 is 2.77 bits per heavy atom. The number of ketones is 1. The van der Waals surface area contributed by atoms with Gasteiger partial charge in [0.05, 0.1) is 24.9 Å². The van der Waals surface area contributed by atoms with Crippen LogP contribution in [-0.2, 0) is 18.3 Å². The molecule has 0 aromatic carbocycles. The normalized spacial score (nSPS) is 17.8. The summed E-state index contributed by atoms with van der Waals surface area (Å²) in [6, 6.07) is 4.55. The number of hydrogen-bond donors (Lipinski definition) is 0. The fourth-order valence-corrected chi connectivity index (χ4v) is 3.60. The average molecular weight is 349 g/mol. The number of carbonyl (C=O) groups excluding carboxylic acids is 1. The van der Waals surface area contributed by atoms with E-state index in [0.717, 1.165) is 34.3 Å². The molecule has 0 N–H and O–H groups in total. The van der Waals surface area contributed by atoms with Gasteiger partial charge in [0.25, 0.3) is 0 Å². The molecule has 26 heavy (non-hydrogen) atoms. The summed E-state index contributed by atoms with van der Waals surface area (Å²) < 4.78 is 1.76. The van der Waals surface area contributed by atoms with Crippen molar-refractivity contribution in [3.63, 3.8) is 0 Å². The summed E-state index contributed by atoms with van der Waals surface area (Å²) in [6.07, 6.45) is 10.1. The lowest BCUT2D eigenvalue weighted by Gasteiger charge is -2.19. The van der Waals surface area contributed by atoms with Gasteiger partial charge in [-0.05, 0) is 43.8 Å². The number of carbonyl (C=O) groups is 1. The van der Waals surface area contributed by atoms with Crippen LogP contribution in [-0.4, -0.2) is 49.6 Å². The predicted octanol–water partition coefficient (Wildman–Crippen LogP) is 2.63. The van der Waals surface area contributed by atoms with Gasteiger partial charge in [-0.3, -0.25) is 24.3 Å². The molecular formula is C20H23N5O. The van der Waals surface area contributed by atoms with Gasteiger partial charge in [0.2, 0.25) is 0 Å².